The lowest BCUT2D eigenvalue weighted by Gasteiger charge is -2.48. The van der Waals surface area contributed by atoms with Gasteiger partial charge in [-0.3, -0.25) is 14.1 Å². The first-order chi connectivity index (χ1) is 13.8. The van der Waals surface area contributed by atoms with E-state index in [1.165, 1.54) is 13.1 Å². The Morgan fingerprint density at radius 3 is 2.72 bits per heavy atom. The maximum Gasteiger partial charge on any atom is 0.295 e. The number of carbonyl (C=O) groups is 2. The number of nitrogens with one attached hydrogen (secondary N) is 2. The van der Waals surface area contributed by atoms with Crippen molar-refractivity contribution in [2.45, 2.75) is 24.1 Å². The number of hydrogen-bond acceptors (Lipinski definition) is 3. The van der Waals surface area contributed by atoms with Crippen molar-refractivity contribution >= 4 is 29.1 Å². The van der Waals surface area contributed by atoms with Crippen LogP contribution in [0.25, 0.3) is 0 Å². The summed E-state index contributed by atoms with van der Waals surface area (Å²) in [5.74, 6) is -1.33. The van der Waals surface area contributed by atoms with Gasteiger partial charge in [0.25, 0.3) is 11.8 Å². The van der Waals surface area contributed by atoms with Gasteiger partial charge in [-0.15, -0.1) is 0 Å². The van der Waals surface area contributed by atoms with Gasteiger partial charge in [-0.25, -0.2) is 4.39 Å². The minimum Gasteiger partial charge on any atom is -0.387 e. The zero-order chi connectivity index (χ0) is 21.0. The first-order valence-electron chi connectivity index (χ1n) is 9.37. The van der Waals surface area contributed by atoms with Crippen molar-refractivity contribution in [3.8, 4) is 0 Å². The maximum absolute atomic E-state index is 15.2. The highest BCUT2D eigenvalue weighted by atomic mass is 35.5. The minimum atomic E-state index is -1.58. The van der Waals surface area contributed by atoms with E-state index >= 15 is 4.39 Å². The van der Waals surface area contributed by atoms with Crippen molar-refractivity contribution in [1.82, 2.24) is 5.32 Å². The van der Waals surface area contributed by atoms with Gasteiger partial charge in [0.15, 0.2) is 6.04 Å². The second-order valence-corrected chi connectivity index (χ2v) is 8.24. The van der Waals surface area contributed by atoms with E-state index in [1.54, 1.807) is 43.4 Å². The van der Waals surface area contributed by atoms with Gasteiger partial charge in [-0.1, -0.05) is 23.7 Å². The molecule has 1 fully saturated rings. The van der Waals surface area contributed by atoms with Crippen LogP contribution in [-0.2, 0) is 15.1 Å². The van der Waals surface area contributed by atoms with Gasteiger partial charge in [-0.2, -0.15) is 0 Å². The molecule has 2 heterocycles. The lowest BCUT2D eigenvalue weighted by Crippen LogP contribution is -2.68. The van der Waals surface area contributed by atoms with E-state index in [-0.39, 0.29) is 28.9 Å². The van der Waals surface area contributed by atoms with E-state index in [0.29, 0.717) is 16.3 Å². The zero-order valence-corrected chi connectivity index (χ0v) is 16.8. The Kier molecular flexibility index (Phi) is 4.64. The van der Waals surface area contributed by atoms with Gasteiger partial charge >= 0.3 is 0 Å². The van der Waals surface area contributed by atoms with Crippen molar-refractivity contribution in [2.24, 2.45) is 0 Å². The van der Waals surface area contributed by atoms with Gasteiger partial charge < -0.3 is 15.7 Å². The number of likely N-dealkylation sites (N-methyl/N-ethyl adjacent to an activating group) is 2. The molecule has 0 aromatic heterocycles. The number of anilines is 1. The molecule has 2 aliphatic rings. The fourth-order valence-electron chi connectivity index (χ4n) is 5.10. The highest BCUT2D eigenvalue weighted by Gasteiger charge is 2.68. The lowest BCUT2D eigenvalue weighted by molar-refractivity contribution is -0.953. The monoisotopic (exact) mass is 418 g/mol. The molecule has 1 saturated heterocycles. The highest BCUT2D eigenvalue weighted by Crippen LogP contribution is 2.53. The molecule has 6 nitrogen and oxygen atoms in total. The van der Waals surface area contributed by atoms with Crippen LogP contribution in [0.3, 0.4) is 0 Å². The number of hydrogen-bond donors (Lipinski definition) is 3. The van der Waals surface area contributed by atoms with Crippen LogP contribution >= 0.6 is 11.6 Å². The van der Waals surface area contributed by atoms with Crippen LogP contribution in [0.4, 0.5) is 10.1 Å². The normalized spacial score (nSPS) is 30.7. The topological polar surface area (TPSA) is 78.4 Å². The molecule has 0 saturated carbocycles. The van der Waals surface area contributed by atoms with Gasteiger partial charge in [0, 0.05) is 18.5 Å². The Morgan fingerprint density at radius 1 is 1.31 bits per heavy atom. The lowest BCUT2D eigenvalue weighted by atomic mass is 9.79. The molecule has 4 rings (SSSR count). The third kappa shape index (κ3) is 2.61. The van der Waals surface area contributed by atoms with Crippen LogP contribution < -0.4 is 10.6 Å². The molecule has 0 bridgehead atoms. The molecule has 2 aliphatic heterocycles. The summed E-state index contributed by atoms with van der Waals surface area (Å²) in [5.41, 5.74) is -0.436. The maximum atomic E-state index is 15.2. The Balaban J connectivity index is 2.10. The molecule has 4 atom stereocenters. The highest BCUT2D eigenvalue weighted by molar-refractivity contribution is 6.31. The Hall–Kier alpha value is -2.48. The molecule has 2 aromatic carbocycles. The second kappa shape index (κ2) is 6.79. The molecule has 0 spiro atoms. The number of likely N-dealkylation sites (tertiary alicyclic amines) is 1. The number of nitrogens with zero attached hydrogens (tertiary/aromatic N) is 1. The predicted octanol–water partition coefficient (Wildman–Crippen LogP) is 2.00. The number of rotatable bonds is 3. The van der Waals surface area contributed by atoms with E-state index in [0.717, 1.165) is 0 Å². The molecule has 2 amide bonds. The molecule has 2 unspecified atom stereocenters. The average Bonchev–Trinajstić information content (AvgIpc) is 3.15. The molecule has 2 aromatic rings. The number of benzene rings is 2. The fourth-order valence-corrected chi connectivity index (χ4v) is 5.27. The average molecular weight is 419 g/mol. The summed E-state index contributed by atoms with van der Waals surface area (Å²) >= 11 is 6.26. The van der Waals surface area contributed by atoms with Crippen molar-refractivity contribution < 1.29 is 23.6 Å². The molecular formula is C21H22ClFN3O3+. The van der Waals surface area contributed by atoms with E-state index in [2.05, 4.69) is 10.6 Å². The minimum absolute atomic E-state index is 0.103. The standard InChI is InChI=1S/C21H21ClFN3O3/c1-24-19(28)18-10-13(27)11-26(18,2)21(14-5-3-4-6-16(14)23)15-9-12(22)7-8-17(15)25-20(21)29/h3-9,13,18,27H,10-11H2,1-2H3,(H-,24,25,28,29)/p+1/t13-,18+,21?,26?/m1/s1. The summed E-state index contributed by atoms with van der Waals surface area (Å²) in [6.45, 7) is 0.103. The summed E-state index contributed by atoms with van der Waals surface area (Å²) in [4.78, 5) is 26.4. The van der Waals surface area contributed by atoms with Crippen molar-refractivity contribution in [2.75, 3.05) is 26.0 Å². The Bertz CT molecular complexity index is 1020. The molecule has 8 heteroatoms. The van der Waals surface area contributed by atoms with Gasteiger partial charge in [0.1, 0.15) is 18.5 Å². The molecule has 0 aliphatic carbocycles. The number of amides is 2. The number of quaternary nitrogens is 1. The molecule has 0 radical (unpaired) electrons. The van der Waals surface area contributed by atoms with Crippen LogP contribution in [-0.4, -0.2) is 54.2 Å². The summed E-state index contributed by atoms with van der Waals surface area (Å²) < 4.78 is 15.0. The van der Waals surface area contributed by atoms with Crippen LogP contribution in [0.15, 0.2) is 42.5 Å². The molecular weight excluding hydrogens is 397 g/mol. The van der Waals surface area contributed by atoms with E-state index in [4.69, 9.17) is 11.6 Å². The number of halogens is 2. The molecule has 29 heavy (non-hydrogen) atoms. The van der Waals surface area contributed by atoms with Crippen LogP contribution in [0.2, 0.25) is 5.02 Å². The van der Waals surface area contributed by atoms with Crippen LogP contribution in [0, 0.1) is 5.82 Å². The smallest absolute Gasteiger partial charge is 0.295 e. The Labute approximate surface area is 172 Å². The third-order valence-electron chi connectivity index (χ3n) is 6.30. The van der Waals surface area contributed by atoms with Gasteiger partial charge in [-0.05, 0) is 30.3 Å². The van der Waals surface area contributed by atoms with E-state index in [1.807, 2.05) is 0 Å². The van der Waals surface area contributed by atoms with Crippen LogP contribution in [0.5, 0.6) is 0 Å². The first-order valence-corrected chi connectivity index (χ1v) is 9.75. The van der Waals surface area contributed by atoms with Crippen molar-refractivity contribution in [3.05, 3.63) is 64.4 Å². The van der Waals surface area contributed by atoms with Crippen molar-refractivity contribution in [1.29, 1.82) is 0 Å². The summed E-state index contributed by atoms with van der Waals surface area (Å²) in [6, 6.07) is 10.2. The zero-order valence-electron chi connectivity index (χ0n) is 16.1. The summed E-state index contributed by atoms with van der Waals surface area (Å²) in [7, 11) is 3.23. The van der Waals surface area contributed by atoms with E-state index in [9.17, 15) is 14.7 Å². The number of carbonyl (C=O) groups excluding carboxylic acids is 2. The number of aliphatic hydroxyl groups excluding tert-OH is 1. The number of aliphatic hydroxyl groups is 1. The summed E-state index contributed by atoms with van der Waals surface area (Å²) in [5, 5.41) is 16.4. The van der Waals surface area contributed by atoms with Gasteiger partial charge in [0.2, 0.25) is 5.54 Å². The van der Waals surface area contributed by atoms with E-state index < -0.39 is 29.4 Å². The van der Waals surface area contributed by atoms with Crippen LogP contribution in [0.1, 0.15) is 17.5 Å². The fraction of sp³-hybridized carbons (Fsp3) is 0.333. The quantitative estimate of drug-likeness (QED) is 0.667. The largest absolute Gasteiger partial charge is 0.387 e. The first kappa shape index (κ1) is 19.8. The van der Waals surface area contributed by atoms with Crippen molar-refractivity contribution in [3.63, 3.8) is 0 Å². The predicted molar refractivity (Wildman–Crippen MR) is 107 cm³/mol. The van der Waals surface area contributed by atoms with Gasteiger partial charge in [0.05, 0.1) is 23.9 Å². The SMILES string of the molecule is CNC(=O)[C@@H]1C[C@@H](O)C[N+]1(C)C1(c2ccccc2F)C(=O)Nc2ccc(Cl)cc21. The summed E-state index contributed by atoms with van der Waals surface area (Å²) in [6.07, 6.45) is -0.655. The molecule has 3 N–H and O–H groups in total. The third-order valence-corrected chi connectivity index (χ3v) is 6.54. The number of fused-ring (bicyclic) bond motifs is 1. The Morgan fingerprint density at radius 2 is 2.03 bits per heavy atom. The molecule has 152 valence electrons. The second-order valence-electron chi connectivity index (χ2n) is 7.80.